The summed E-state index contributed by atoms with van der Waals surface area (Å²) in [5.74, 6) is 0.624. The lowest BCUT2D eigenvalue weighted by atomic mass is 10.0. The van der Waals surface area contributed by atoms with Crippen molar-refractivity contribution in [1.82, 2.24) is 9.88 Å². The van der Waals surface area contributed by atoms with Gasteiger partial charge in [-0.1, -0.05) is 0 Å². The smallest absolute Gasteiger partial charge is 0.412 e. The quantitative estimate of drug-likeness (QED) is 0.258. The average Bonchev–Trinajstić information content (AvgIpc) is 2.84. The van der Waals surface area contributed by atoms with Crippen LogP contribution in [-0.4, -0.2) is 58.8 Å². The Hall–Kier alpha value is -2.62. The van der Waals surface area contributed by atoms with Crippen molar-refractivity contribution in [1.29, 1.82) is 0 Å². The zero-order chi connectivity index (χ0) is 29.9. The van der Waals surface area contributed by atoms with Gasteiger partial charge in [0, 0.05) is 25.0 Å². The van der Waals surface area contributed by atoms with Gasteiger partial charge in [0.05, 0.1) is 30.8 Å². The average molecular weight is 776 g/mol. The van der Waals surface area contributed by atoms with Crippen LogP contribution < -0.4 is 20.6 Å². The van der Waals surface area contributed by atoms with Gasteiger partial charge in [-0.3, -0.25) is 9.69 Å². The Kier molecular flexibility index (Phi) is 10.3. The van der Waals surface area contributed by atoms with Crippen LogP contribution in [0.25, 0.3) is 10.9 Å². The van der Waals surface area contributed by atoms with Gasteiger partial charge in [-0.15, -0.1) is 0 Å². The third-order valence-corrected chi connectivity index (χ3v) is 8.11. The van der Waals surface area contributed by atoms with E-state index in [1.807, 2.05) is 26.0 Å². The second-order valence-corrected chi connectivity index (χ2v) is 12.5. The van der Waals surface area contributed by atoms with Gasteiger partial charge in [-0.2, -0.15) is 4.98 Å². The lowest BCUT2D eigenvalue weighted by molar-refractivity contribution is -0.131. The first kappa shape index (κ1) is 31.9. The number of nitrogens with one attached hydrogen (secondary N) is 1. The van der Waals surface area contributed by atoms with Gasteiger partial charge in [0.15, 0.2) is 0 Å². The molecule has 12 heteroatoms. The molecule has 3 rings (SSSR count). The molecule has 2 amide bonds. The van der Waals surface area contributed by atoms with Crippen LogP contribution in [0.3, 0.4) is 0 Å². The van der Waals surface area contributed by atoms with Crippen molar-refractivity contribution in [3.05, 3.63) is 53.0 Å². The Morgan fingerprint density at radius 2 is 1.75 bits per heavy atom. The second kappa shape index (κ2) is 12.9. The molecule has 216 valence electrons. The summed E-state index contributed by atoms with van der Waals surface area (Å²) in [6, 6.07) is 6.31. The number of halogens is 2. The van der Waals surface area contributed by atoms with Crippen LogP contribution in [-0.2, 0) is 11.2 Å². The highest BCUT2D eigenvalue weighted by Gasteiger charge is 2.31. The number of methoxy groups -OCH3 is 1. The molecule has 0 unspecified atom stereocenters. The van der Waals surface area contributed by atoms with E-state index in [-0.39, 0.29) is 17.3 Å². The van der Waals surface area contributed by atoms with Crippen molar-refractivity contribution >= 4 is 79.8 Å². The molecular weight excluding hydrogens is 742 g/mol. The van der Waals surface area contributed by atoms with Gasteiger partial charge >= 0.3 is 11.7 Å². The van der Waals surface area contributed by atoms with E-state index < -0.39 is 23.3 Å². The third-order valence-electron chi connectivity index (χ3n) is 6.51. The predicted molar refractivity (Wildman–Crippen MR) is 173 cm³/mol. The SMILES string of the molecule is CCN(CC)C(=O)[C@H](Cc1cc(I)c(OC)c(I)c1)Nc1nc2ccc(N(C(=O)O)C(C)(C)C)c(C)c2c(=O)o1. The van der Waals surface area contributed by atoms with Crippen molar-refractivity contribution in [3.8, 4) is 5.75 Å². The van der Waals surface area contributed by atoms with Crippen LogP contribution in [0.4, 0.5) is 16.5 Å². The maximum absolute atomic E-state index is 13.5. The first-order valence-corrected chi connectivity index (χ1v) is 14.9. The molecule has 3 aromatic rings. The zero-order valence-electron chi connectivity index (χ0n) is 23.6. The Morgan fingerprint density at radius 3 is 2.25 bits per heavy atom. The minimum Gasteiger partial charge on any atom is -0.495 e. The van der Waals surface area contributed by atoms with Crippen LogP contribution in [0, 0.1) is 14.1 Å². The minimum absolute atomic E-state index is 0.0843. The molecule has 0 saturated carbocycles. The molecule has 1 heterocycles. The summed E-state index contributed by atoms with van der Waals surface area (Å²) in [4.78, 5) is 46.2. The molecule has 10 nitrogen and oxygen atoms in total. The van der Waals surface area contributed by atoms with Crippen LogP contribution in [0.2, 0.25) is 0 Å². The standard InChI is InChI=1S/C28H34I2N4O6/c1-8-33(9-2)24(35)20(14-16-12-17(29)23(39-7)18(30)13-16)32-26-31-19-10-11-21(15(3)22(19)25(36)40-26)34(27(37)38)28(4,5)6/h10-13,20H,8-9,14H2,1-7H3,(H,31,32)(H,37,38)/t20-/m0/s1. The van der Waals surface area contributed by atoms with Gasteiger partial charge < -0.3 is 24.5 Å². The molecule has 0 bridgehead atoms. The van der Waals surface area contributed by atoms with Crippen molar-refractivity contribution < 1.29 is 23.8 Å². The Morgan fingerprint density at radius 1 is 1.15 bits per heavy atom. The predicted octanol–water partition coefficient (Wildman–Crippen LogP) is 5.89. The number of carboxylic acid groups (broad SMARTS) is 1. The van der Waals surface area contributed by atoms with E-state index in [0.717, 1.165) is 18.5 Å². The molecule has 0 spiro atoms. The van der Waals surface area contributed by atoms with E-state index >= 15 is 0 Å². The number of nitrogens with zero attached hydrogens (tertiary/aromatic N) is 3. The molecule has 0 aliphatic carbocycles. The summed E-state index contributed by atoms with van der Waals surface area (Å²) in [5, 5.41) is 13.1. The number of anilines is 2. The molecule has 0 fully saturated rings. The van der Waals surface area contributed by atoms with Gasteiger partial charge in [0.1, 0.15) is 11.8 Å². The number of ether oxygens (including phenoxy) is 1. The summed E-state index contributed by atoms with van der Waals surface area (Å²) < 4.78 is 12.9. The van der Waals surface area contributed by atoms with E-state index in [0.29, 0.717) is 36.3 Å². The highest BCUT2D eigenvalue weighted by Crippen LogP contribution is 2.32. The lowest BCUT2D eigenvalue weighted by Gasteiger charge is -2.34. The molecule has 40 heavy (non-hydrogen) atoms. The maximum Gasteiger partial charge on any atom is 0.412 e. The number of carbonyl (C=O) groups excluding carboxylic acids is 1. The summed E-state index contributed by atoms with van der Waals surface area (Å²) in [5.41, 5.74) is 0.651. The van der Waals surface area contributed by atoms with Gasteiger partial charge in [-0.25, -0.2) is 9.59 Å². The summed E-state index contributed by atoms with van der Waals surface area (Å²) >= 11 is 4.40. The summed E-state index contributed by atoms with van der Waals surface area (Å²) in [6.07, 6.45) is -0.808. The summed E-state index contributed by atoms with van der Waals surface area (Å²) in [7, 11) is 1.62. The molecule has 1 atom stereocenters. The molecule has 0 aliphatic heterocycles. The molecule has 0 aliphatic rings. The first-order valence-electron chi connectivity index (χ1n) is 12.8. The second-order valence-electron chi connectivity index (χ2n) is 10.2. The van der Waals surface area contributed by atoms with E-state index in [4.69, 9.17) is 9.15 Å². The van der Waals surface area contributed by atoms with E-state index in [1.54, 1.807) is 51.8 Å². The number of fused-ring (bicyclic) bond motifs is 1. The Balaban J connectivity index is 2.07. The van der Waals surface area contributed by atoms with E-state index in [9.17, 15) is 19.5 Å². The number of likely N-dealkylation sites (N-methyl/N-ethyl adjacent to an activating group) is 1. The number of hydrogen-bond donors (Lipinski definition) is 2. The number of benzene rings is 2. The van der Waals surface area contributed by atoms with Crippen molar-refractivity contribution in [3.63, 3.8) is 0 Å². The molecule has 2 aromatic carbocycles. The fourth-order valence-electron chi connectivity index (χ4n) is 4.63. The van der Waals surface area contributed by atoms with Crippen molar-refractivity contribution in [2.24, 2.45) is 0 Å². The van der Waals surface area contributed by atoms with Gasteiger partial charge in [-0.05, 0) is 122 Å². The zero-order valence-corrected chi connectivity index (χ0v) is 27.9. The van der Waals surface area contributed by atoms with Crippen LogP contribution in [0.1, 0.15) is 45.7 Å². The highest BCUT2D eigenvalue weighted by atomic mass is 127. The van der Waals surface area contributed by atoms with Gasteiger partial charge in [0.2, 0.25) is 5.91 Å². The Bertz CT molecular complexity index is 1460. The first-order chi connectivity index (χ1) is 18.7. The van der Waals surface area contributed by atoms with E-state index in [2.05, 4.69) is 55.5 Å². The van der Waals surface area contributed by atoms with Gasteiger partial charge in [0.25, 0.3) is 6.01 Å². The fourth-order valence-corrected chi connectivity index (χ4v) is 6.97. The molecule has 2 N–H and O–H groups in total. The number of aromatic nitrogens is 1. The van der Waals surface area contributed by atoms with E-state index in [1.165, 1.54) is 4.90 Å². The van der Waals surface area contributed by atoms with Crippen LogP contribution in [0.15, 0.2) is 33.5 Å². The number of hydrogen-bond acceptors (Lipinski definition) is 7. The largest absolute Gasteiger partial charge is 0.495 e. The van der Waals surface area contributed by atoms with Crippen molar-refractivity contribution in [2.75, 3.05) is 30.4 Å². The van der Waals surface area contributed by atoms with Crippen molar-refractivity contribution in [2.45, 2.75) is 59.5 Å². The number of amides is 2. The monoisotopic (exact) mass is 776 g/mol. The minimum atomic E-state index is -1.13. The topological polar surface area (TPSA) is 125 Å². The normalized spacial score (nSPS) is 12.2. The van der Waals surface area contributed by atoms with Crippen LogP contribution in [0.5, 0.6) is 5.75 Å². The third kappa shape index (κ3) is 6.81. The molecular formula is C28H34I2N4O6. The molecule has 0 radical (unpaired) electrons. The number of carbonyl (C=O) groups is 2. The number of aryl methyl sites for hydroxylation is 1. The molecule has 1 aromatic heterocycles. The van der Waals surface area contributed by atoms with Crippen LogP contribution >= 0.6 is 45.2 Å². The lowest BCUT2D eigenvalue weighted by Crippen LogP contribution is -2.45. The maximum atomic E-state index is 13.5. The fraction of sp³-hybridized carbons (Fsp3) is 0.429. The molecule has 0 saturated heterocycles. The number of rotatable bonds is 9. The summed E-state index contributed by atoms with van der Waals surface area (Å²) in [6.45, 7) is 11.9. The highest BCUT2D eigenvalue weighted by molar-refractivity contribution is 14.1. The Labute approximate surface area is 260 Å².